The highest BCUT2D eigenvalue weighted by Crippen LogP contribution is 2.49. The van der Waals surface area contributed by atoms with Gasteiger partial charge in [-0.1, -0.05) is 87.5 Å². The molecule has 2 aliphatic rings. The molecule has 2 atom stereocenters. The van der Waals surface area contributed by atoms with Crippen molar-refractivity contribution >= 4 is 69.6 Å². The molecule has 0 fully saturated rings. The van der Waals surface area contributed by atoms with Crippen LogP contribution in [0.1, 0.15) is 49.4 Å². The average molecular weight is 714 g/mol. The fourth-order valence-electron chi connectivity index (χ4n) is 9.99. The molecule has 54 heavy (non-hydrogen) atoms. The van der Waals surface area contributed by atoms with E-state index in [2.05, 4.69) is 180 Å². The molecule has 0 N–H and O–H groups in total. The van der Waals surface area contributed by atoms with Crippen molar-refractivity contribution in [3.8, 4) is 22.5 Å². The molecule has 0 aliphatic carbocycles. The molecule has 3 nitrogen and oxygen atoms in total. The first-order valence-corrected chi connectivity index (χ1v) is 20.1. The zero-order chi connectivity index (χ0) is 35.9. The molecule has 5 aromatic carbocycles. The van der Waals surface area contributed by atoms with Crippen molar-refractivity contribution in [2.75, 3.05) is 0 Å². The fourth-order valence-corrected chi connectivity index (χ4v) is 11.1. The third-order valence-electron chi connectivity index (χ3n) is 12.5. The van der Waals surface area contributed by atoms with E-state index in [1.807, 2.05) is 11.3 Å². The van der Waals surface area contributed by atoms with Gasteiger partial charge in [-0.25, -0.2) is 0 Å². The molecular weight excluding hydrogens is 675 g/mol. The Labute approximate surface area is 318 Å². The number of aromatic nitrogens is 3. The maximum absolute atomic E-state index is 2.63. The van der Waals surface area contributed by atoms with Gasteiger partial charge in [-0.05, 0) is 71.0 Å². The summed E-state index contributed by atoms with van der Waals surface area (Å²) in [7, 11) is 0. The topological polar surface area (TPSA) is 12.2 Å². The predicted molar refractivity (Wildman–Crippen MR) is 225 cm³/mol. The molecule has 2 unspecified atom stereocenters. The van der Waals surface area contributed by atoms with Gasteiger partial charge in [0.1, 0.15) is 5.92 Å². The summed E-state index contributed by atoms with van der Waals surface area (Å²) in [5.41, 5.74) is 13.4. The second-order valence-corrected chi connectivity index (χ2v) is 17.6. The summed E-state index contributed by atoms with van der Waals surface area (Å²) in [4.78, 5) is 0. The maximum Gasteiger partial charge on any atom is 0.213 e. The molecule has 0 saturated heterocycles. The highest BCUT2D eigenvalue weighted by molar-refractivity contribution is 7.26. The largest absolute Gasteiger partial charge is 0.307 e. The van der Waals surface area contributed by atoms with E-state index in [0.717, 1.165) is 13.0 Å². The smallest absolute Gasteiger partial charge is 0.213 e. The normalized spacial score (nSPS) is 17.5. The Hall–Kier alpha value is -5.84. The molecule has 258 valence electrons. The van der Waals surface area contributed by atoms with E-state index in [0.29, 0.717) is 0 Å². The standard InChI is InChI=1S/C50H39N3S/c1-50(2,3)31-23-25-52-42-19-10-13-30-12-4-5-14-32(30)41-18-8-9-24-51(41)29-40(42)37-28-44-38(27-39(37)43(52)26-31)34-17-11-16-33-35-21-22-46-47(49(35)53(44)48(33)34)36-15-6-7-20-45(36)54-46/h4-12,14-28,40,42H,13,29H2,1-3H3/q+2/b19-10+. The Bertz CT molecular complexity index is 3220. The van der Waals surface area contributed by atoms with Crippen LogP contribution < -0.4 is 9.13 Å². The van der Waals surface area contributed by atoms with Gasteiger partial charge in [-0.3, -0.25) is 0 Å². The quantitative estimate of drug-likeness (QED) is 0.110. The van der Waals surface area contributed by atoms with Gasteiger partial charge < -0.3 is 4.40 Å². The van der Waals surface area contributed by atoms with Crippen LogP contribution >= 0.6 is 11.3 Å². The molecule has 0 spiro atoms. The van der Waals surface area contributed by atoms with Gasteiger partial charge in [0, 0.05) is 71.5 Å². The van der Waals surface area contributed by atoms with Crippen molar-refractivity contribution in [1.82, 2.24) is 4.40 Å². The molecule has 7 heterocycles. The zero-order valence-corrected chi connectivity index (χ0v) is 31.5. The van der Waals surface area contributed by atoms with E-state index in [1.165, 1.54) is 97.5 Å². The lowest BCUT2D eigenvalue weighted by atomic mass is 9.79. The summed E-state index contributed by atoms with van der Waals surface area (Å²) in [6.07, 6.45) is 10.5. The summed E-state index contributed by atoms with van der Waals surface area (Å²) in [5.74, 6) is 0.207. The lowest BCUT2D eigenvalue weighted by molar-refractivity contribution is -0.733. The second kappa shape index (κ2) is 10.9. The molecule has 5 aromatic heterocycles. The van der Waals surface area contributed by atoms with Crippen LogP contribution in [-0.2, 0) is 18.4 Å². The van der Waals surface area contributed by atoms with Crippen LogP contribution in [0.2, 0.25) is 0 Å². The van der Waals surface area contributed by atoms with Gasteiger partial charge in [-0.15, -0.1) is 11.3 Å². The molecule has 0 saturated carbocycles. The number of fused-ring (bicyclic) bond motifs is 19. The Morgan fingerprint density at radius 1 is 0.648 bits per heavy atom. The molecule has 10 aromatic rings. The summed E-state index contributed by atoms with van der Waals surface area (Å²) in [5, 5.41) is 8.06. The van der Waals surface area contributed by atoms with E-state index < -0.39 is 0 Å². The summed E-state index contributed by atoms with van der Waals surface area (Å²) >= 11 is 1.91. The number of pyridine rings is 2. The van der Waals surface area contributed by atoms with Gasteiger partial charge in [0.15, 0.2) is 25.0 Å². The molecule has 4 heteroatoms. The van der Waals surface area contributed by atoms with Gasteiger partial charge in [0.25, 0.3) is 0 Å². The number of thiophene rings is 1. The molecule has 12 rings (SSSR count). The number of allylic oxidation sites excluding steroid dienone is 2. The predicted octanol–water partition coefficient (Wildman–Crippen LogP) is 11.9. The minimum atomic E-state index is 0.0333. The Balaban J connectivity index is 1.21. The lowest BCUT2D eigenvalue weighted by Gasteiger charge is -2.30. The summed E-state index contributed by atoms with van der Waals surface area (Å²) in [6.45, 7) is 7.86. The van der Waals surface area contributed by atoms with Crippen molar-refractivity contribution in [2.24, 2.45) is 0 Å². The fraction of sp³-hybridized carbons (Fsp3) is 0.160. The SMILES string of the molecule is CC(C)(C)c1cc[n+]2c(c1)-c1cc3c4cccc5c6ccc7sc8ccccc8c7c6n(c3cc1C1C[n+]3ccccc3-c3ccccc3C/C=C/C12)c45. The number of rotatable bonds is 0. The second-order valence-electron chi connectivity index (χ2n) is 16.5. The summed E-state index contributed by atoms with van der Waals surface area (Å²) in [6, 6.07) is 46.4. The highest BCUT2D eigenvalue weighted by atomic mass is 32.1. The Morgan fingerprint density at radius 2 is 1.44 bits per heavy atom. The van der Waals surface area contributed by atoms with Crippen molar-refractivity contribution in [1.29, 1.82) is 0 Å². The number of hydrogen-bond donors (Lipinski definition) is 0. The first-order chi connectivity index (χ1) is 26.4. The van der Waals surface area contributed by atoms with E-state index in [1.54, 1.807) is 0 Å². The Kier molecular flexibility index (Phi) is 6.16. The van der Waals surface area contributed by atoms with E-state index in [-0.39, 0.29) is 17.4 Å². The minimum Gasteiger partial charge on any atom is -0.307 e. The lowest BCUT2D eigenvalue weighted by Crippen LogP contribution is -2.51. The van der Waals surface area contributed by atoms with E-state index in [9.17, 15) is 0 Å². The van der Waals surface area contributed by atoms with Gasteiger partial charge in [0.05, 0.1) is 22.1 Å². The summed E-state index contributed by atoms with van der Waals surface area (Å²) < 4.78 is 10.4. The van der Waals surface area contributed by atoms with Crippen LogP contribution in [0, 0.1) is 0 Å². The number of para-hydroxylation sites is 1. The average Bonchev–Trinajstić information content (AvgIpc) is 3.85. The molecular formula is C50H39N3S+2. The van der Waals surface area contributed by atoms with Crippen LogP contribution in [0.25, 0.3) is 80.8 Å². The monoisotopic (exact) mass is 713 g/mol. The van der Waals surface area contributed by atoms with Crippen molar-refractivity contribution in [2.45, 2.75) is 51.1 Å². The highest BCUT2D eigenvalue weighted by Gasteiger charge is 2.43. The van der Waals surface area contributed by atoms with Crippen LogP contribution in [0.3, 0.4) is 0 Å². The van der Waals surface area contributed by atoms with Crippen LogP contribution in [-0.4, -0.2) is 4.40 Å². The third-order valence-corrected chi connectivity index (χ3v) is 13.7. The van der Waals surface area contributed by atoms with Crippen LogP contribution in [0.5, 0.6) is 0 Å². The van der Waals surface area contributed by atoms with E-state index in [4.69, 9.17) is 0 Å². The van der Waals surface area contributed by atoms with Crippen molar-refractivity contribution in [3.05, 3.63) is 163 Å². The minimum absolute atomic E-state index is 0.0333. The first-order valence-electron chi connectivity index (χ1n) is 19.3. The van der Waals surface area contributed by atoms with Crippen molar-refractivity contribution < 1.29 is 9.13 Å². The number of benzene rings is 5. The first kappa shape index (κ1) is 30.6. The Morgan fingerprint density at radius 3 is 2.35 bits per heavy atom. The zero-order valence-electron chi connectivity index (χ0n) is 30.7. The maximum atomic E-state index is 2.63. The van der Waals surface area contributed by atoms with Crippen molar-refractivity contribution in [3.63, 3.8) is 0 Å². The molecule has 0 bridgehead atoms. The van der Waals surface area contributed by atoms with Gasteiger partial charge in [-0.2, -0.15) is 9.13 Å². The molecule has 0 amide bonds. The van der Waals surface area contributed by atoms with E-state index >= 15 is 0 Å². The molecule has 2 aliphatic heterocycles. The van der Waals surface area contributed by atoms with Gasteiger partial charge in [0.2, 0.25) is 11.4 Å². The van der Waals surface area contributed by atoms with Crippen LogP contribution in [0.15, 0.2) is 146 Å². The molecule has 0 radical (unpaired) electrons. The number of hydrogen-bond acceptors (Lipinski definition) is 1. The third kappa shape index (κ3) is 4.12. The van der Waals surface area contributed by atoms with Crippen LogP contribution in [0.4, 0.5) is 0 Å². The van der Waals surface area contributed by atoms with Gasteiger partial charge >= 0.3 is 0 Å². The number of nitrogens with zero attached hydrogens (tertiary/aromatic N) is 3.